The van der Waals surface area contributed by atoms with Crippen molar-refractivity contribution < 1.29 is 10.2 Å². The highest BCUT2D eigenvalue weighted by Gasteiger charge is 1.98. The predicted octanol–water partition coefficient (Wildman–Crippen LogP) is 2.64. The summed E-state index contributed by atoms with van der Waals surface area (Å²) in [6.07, 6.45) is 8.60. The van der Waals surface area contributed by atoms with E-state index in [1.165, 1.54) is 19.3 Å². The third-order valence-electron chi connectivity index (χ3n) is 2.39. The van der Waals surface area contributed by atoms with E-state index >= 15 is 0 Å². The van der Waals surface area contributed by atoms with Crippen LogP contribution in [0.4, 0.5) is 0 Å². The van der Waals surface area contributed by atoms with Gasteiger partial charge in [0.05, 0.1) is 12.2 Å². The first kappa shape index (κ1) is 13.7. The molecule has 2 atom stereocenters. The molecule has 0 amide bonds. The fourth-order valence-electron chi connectivity index (χ4n) is 1.44. The first-order valence-corrected chi connectivity index (χ1v) is 5.65. The second-order valence-electron chi connectivity index (χ2n) is 4.00. The van der Waals surface area contributed by atoms with Gasteiger partial charge in [-0.25, -0.2) is 0 Å². The molecule has 0 spiro atoms. The van der Waals surface area contributed by atoms with E-state index in [1.54, 1.807) is 6.08 Å². The van der Waals surface area contributed by atoms with Gasteiger partial charge >= 0.3 is 0 Å². The Bertz CT molecular complexity index is 132. The van der Waals surface area contributed by atoms with Crippen molar-refractivity contribution in [2.75, 3.05) is 0 Å². The van der Waals surface area contributed by atoms with Gasteiger partial charge in [0.2, 0.25) is 0 Å². The summed E-state index contributed by atoms with van der Waals surface area (Å²) in [4.78, 5) is 0. The monoisotopic (exact) mass is 200 g/mol. The van der Waals surface area contributed by atoms with Crippen molar-refractivity contribution in [3.05, 3.63) is 12.7 Å². The van der Waals surface area contributed by atoms with Crippen LogP contribution in [0.25, 0.3) is 0 Å². The van der Waals surface area contributed by atoms with E-state index in [1.807, 2.05) is 6.92 Å². The molecule has 84 valence electrons. The second kappa shape index (κ2) is 9.22. The maximum absolute atomic E-state index is 9.18. The van der Waals surface area contributed by atoms with E-state index < -0.39 is 0 Å². The first-order valence-electron chi connectivity index (χ1n) is 5.65. The Labute approximate surface area is 87.7 Å². The summed E-state index contributed by atoms with van der Waals surface area (Å²) in [6, 6.07) is 0. The zero-order chi connectivity index (χ0) is 10.8. The van der Waals surface area contributed by atoms with Gasteiger partial charge in [-0.1, -0.05) is 38.2 Å². The Hall–Kier alpha value is -0.340. The Morgan fingerprint density at radius 3 is 2.00 bits per heavy atom. The third-order valence-corrected chi connectivity index (χ3v) is 2.39. The molecule has 0 aromatic carbocycles. The molecule has 2 nitrogen and oxygen atoms in total. The minimum atomic E-state index is -0.326. The van der Waals surface area contributed by atoms with Crippen LogP contribution >= 0.6 is 0 Å². The van der Waals surface area contributed by atoms with E-state index in [0.717, 1.165) is 25.7 Å². The lowest BCUT2D eigenvalue weighted by atomic mass is 10.1. The lowest BCUT2D eigenvalue weighted by Gasteiger charge is -2.05. The van der Waals surface area contributed by atoms with Crippen LogP contribution < -0.4 is 0 Å². The molecule has 2 heteroatoms. The fraction of sp³-hybridized carbons (Fsp3) is 0.833. The molecule has 0 bridgehead atoms. The van der Waals surface area contributed by atoms with Crippen molar-refractivity contribution in [2.24, 2.45) is 0 Å². The molecular weight excluding hydrogens is 176 g/mol. The minimum Gasteiger partial charge on any atom is -0.393 e. The Morgan fingerprint density at radius 2 is 1.50 bits per heavy atom. The number of aliphatic hydroxyl groups excluding tert-OH is 2. The SMILES string of the molecule is C=CC(O)CCCCCCCC(C)O. The van der Waals surface area contributed by atoms with Gasteiger partial charge in [0.25, 0.3) is 0 Å². The molecule has 0 aromatic rings. The molecule has 0 rings (SSSR count). The molecule has 0 saturated heterocycles. The van der Waals surface area contributed by atoms with Gasteiger partial charge in [0.15, 0.2) is 0 Å². The maximum Gasteiger partial charge on any atom is 0.0718 e. The van der Waals surface area contributed by atoms with Crippen LogP contribution in [0.1, 0.15) is 51.9 Å². The Kier molecular flexibility index (Phi) is 9.00. The summed E-state index contributed by atoms with van der Waals surface area (Å²) in [5, 5.41) is 18.2. The molecule has 0 radical (unpaired) electrons. The zero-order valence-corrected chi connectivity index (χ0v) is 9.28. The van der Waals surface area contributed by atoms with Crippen molar-refractivity contribution in [1.82, 2.24) is 0 Å². The summed E-state index contributed by atoms with van der Waals surface area (Å²) in [6.45, 7) is 5.36. The molecule has 2 N–H and O–H groups in total. The molecule has 0 saturated carbocycles. The summed E-state index contributed by atoms with van der Waals surface area (Å²) in [7, 11) is 0. The van der Waals surface area contributed by atoms with Crippen LogP contribution in [0, 0.1) is 0 Å². The predicted molar refractivity (Wildman–Crippen MR) is 60.2 cm³/mol. The van der Waals surface area contributed by atoms with Gasteiger partial charge < -0.3 is 10.2 Å². The lowest BCUT2D eigenvalue weighted by Crippen LogP contribution is -2.00. The number of rotatable bonds is 9. The van der Waals surface area contributed by atoms with Crippen molar-refractivity contribution >= 4 is 0 Å². The van der Waals surface area contributed by atoms with Crippen molar-refractivity contribution in [3.63, 3.8) is 0 Å². The van der Waals surface area contributed by atoms with E-state index in [-0.39, 0.29) is 12.2 Å². The number of aliphatic hydroxyl groups is 2. The summed E-state index contributed by atoms with van der Waals surface area (Å²) in [5.74, 6) is 0. The maximum atomic E-state index is 9.18. The van der Waals surface area contributed by atoms with Crippen LogP contribution in [-0.2, 0) is 0 Å². The summed E-state index contributed by atoms with van der Waals surface area (Å²) >= 11 is 0. The fourth-order valence-corrected chi connectivity index (χ4v) is 1.44. The van der Waals surface area contributed by atoms with Gasteiger partial charge in [0, 0.05) is 0 Å². The third kappa shape index (κ3) is 9.75. The average molecular weight is 200 g/mol. The smallest absolute Gasteiger partial charge is 0.0718 e. The normalized spacial score (nSPS) is 15.1. The first-order chi connectivity index (χ1) is 6.66. The van der Waals surface area contributed by atoms with Gasteiger partial charge in [-0.15, -0.1) is 6.58 Å². The summed E-state index contributed by atoms with van der Waals surface area (Å²) in [5.41, 5.74) is 0. The molecule has 0 heterocycles. The van der Waals surface area contributed by atoms with E-state index in [4.69, 9.17) is 5.11 Å². The number of unbranched alkanes of at least 4 members (excludes halogenated alkanes) is 4. The quantitative estimate of drug-likeness (QED) is 0.444. The van der Waals surface area contributed by atoms with Crippen LogP contribution in [-0.4, -0.2) is 22.4 Å². The average Bonchev–Trinajstić information content (AvgIpc) is 2.15. The van der Waals surface area contributed by atoms with Crippen LogP contribution in [0.3, 0.4) is 0 Å². The Balaban J connectivity index is 3.02. The van der Waals surface area contributed by atoms with Crippen molar-refractivity contribution in [1.29, 1.82) is 0 Å². The summed E-state index contributed by atoms with van der Waals surface area (Å²) < 4.78 is 0. The molecular formula is C12H24O2. The zero-order valence-electron chi connectivity index (χ0n) is 9.28. The van der Waals surface area contributed by atoms with E-state index in [2.05, 4.69) is 6.58 Å². The number of hydrogen-bond donors (Lipinski definition) is 2. The lowest BCUT2D eigenvalue weighted by molar-refractivity contribution is 0.180. The Morgan fingerprint density at radius 1 is 1.00 bits per heavy atom. The van der Waals surface area contributed by atoms with Crippen LogP contribution in [0.5, 0.6) is 0 Å². The van der Waals surface area contributed by atoms with Gasteiger partial charge in [-0.3, -0.25) is 0 Å². The molecule has 0 aliphatic heterocycles. The van der Waals surface area contributed by atoms with Gasteiger partial charge in [0.1, 0.15) is 0 Å². The van der Waals surface area contributed by atoms with Crippen molar-refractivity contribution in [2.45, 2.75) is 64.1 Å². The molecule has 14 heavy (non-hydrogen) atoms. The van der Waals surface area contributed by atoms with Gasteiger partial charge in [-0.2, -0.15) is 0 Å². The van der Waals surface area contributed by atoms with E-state index in [0.29, 0.717) is 0 Å². The minimum absolute atomic E-state index is 0.155. The highest BCUT2D eigenvalue weighted by molar-refractivity contribution is 4.77. The molecule has 0 aliphatic rings. The topological polar surface area (TPSA) is 40.5 Å². The highest BCUT2D eigenvalue weighted by atomic mass is 16.3. The largest absolute Gasteiger partial charge is 0.393 e. The molecule has 0 fully saturated rings. The van der Waals surface area contributed by atoms with Crippen molar-refractivity contribution in [3.8, 4) is 0 Å². The molecule has 2 unspecified atom stereocenters. The van der Waals surface area contributed by atoms with Gasteiger partial charge in [-0.05, 0) is 19.8 Å². The molecule has 0 aliphatic carbocycles. The molecule has 0 aromatic heterocycles. The standard InChI is InChI=1S/C12H24O2/c1-3-12(14)10-8-6-4-5-7-9-11(2)13/h3,11-14H,1,4-10H2,2H3. The number of hydrogen-bond acceptors (Lipinski definition) is 2. The van der Waals surface area contributed by atoms with Crippen LogP contribution in [0.2, 0.25) is 0 Å². The van der Waals surface area contributed by atoms with E-state index in [9.17, 15) is 5.11 Å². The second-order valence-corrected chi connectivity index (χ2v) is 4.00. The highest BCUT2D eigenvalue weighted by Crippen LogP contribution is 2.10. The van der Waals surface area contributed by atoms with Crippen LogP contribution in [0.15, 0.2) is 12.7 Å².